The molecule has 0 amide bonds. The number of rotatable bonds is 4. The second-order valence-electron chi connectivity index (χ2n) is 6.47. The average Bonchev–Trinajstić information content (AvgIpc) is 3.04. The number of halogens is 1. The fraction of sp³-hybridized carbons (Fsp3) is 0.474. The van der Waals surface area contributed by atoms with Crippen molar-refractivity contribution in [3.63, 3.8) is 0 Å². The predicted octanol–water partition coefficient (Wildman–Crippen LogP) is 3.17. The first kappa shape index (κ1) is 18.8. The zero-order valence-electron chi connectivity index (χ0n) is 15.4. The number of benzene rings is 1. The van der Waals surface area contributed by atoms with Crippen LogP contribution in [-0.2, 0) is 11.2 Å². The van der Waals surface area contributed by atoms with Crippen molar-refractivity contribution in [2.24, 2.45) is 4.99 Å². The quantitative estimate of drug-likeness (QED) is 0.658. The lowest BCUT2D eigenvalue weighted by Crippen LogP contribution is -2.51. The molecule has 2 aromatic rings. The summed E-state index contributed by atoms with van der Waals surface area (Å²) in [5.74, 6) is 0.628. The van der Waals surface area contributed by atoms with Gasteiger partial charge >= 0.3 is 0 Å². The molecule has 1 aliphatic rings. The van der Waals surface area contributed by atoms with Crippen molar-refractivity contribution in [2.45, 2.75) is 32.5 Å². The van der Waals surface area contributed by atoms with Crippen LogP contribution in [0.1, 0.15) is 29.3 Å². The van der Waals surface area contributed by atoms with Crippen LogP contribution in [-0.4, -0.2) is 48.6 Å². The Morgan fingerprint density at radius 2 is 2.15 bits per heavy atom. The van der Waals surface area contributed by atoms with Gasteiger partial charge in [0.15, 0.2) is 5.96 Å². The lowest BCUT2D eigenvalue weighted by atomic mass is 10.1. The van der Waals surface area contributed by atoms with Crippen molar-refractivity contribution in [3.05, 3.63) is 51.7 Å². The largest absolute Gasteiger partial charge is 0.367 e. The summed E-state index contributed by atoms with van der Waals surface area (Å²) in [5.41, 5.74) is 2.09. The van der Waals surface area contributed by atoms with Gasteiger partial charge < -0.3 is 15.0 Å². The zero-order valence-corrected chi connectivity index (χ0v) is 16.2. The molecule has 0 saturated carbocycles. The molecule has 1 aliphatic heterocycles. The molecular formula is C19H25FN4OS. The van der Waals surface area contributed by atoms with E-state index in [0.717, 1.165) is 41.7 Å². The van der Waals surface area contributed by atoms with Crippen molar-refractivity contribution in [1.29, 1.82) is 0 Å². The number of nitrogens with one attached hydrogen (secondary N) is 1. The fourth-order valence-electron chi connectivity index (χ4n) is 3.14. The van der Waals surface area contributed by atoms with E-state index in [1.165, 1.54) is 12.1 Å². The minimum atomic E-state index is -0.232. The molecule has 2 heterocycles. The summed E-state index contributed by atoms with van der Waals surface area (Å²) in [7, 11) is 1.79. The van der Waals surface area contributed by atoms with Crippen LogP contribution in [0.15, 0.2) is 34.6 Å². The van der Waals surface area contributed by atoms with Crippen LogP contribution in [0.2, 0.25) is 0 Å². The lowest BCUT2D eigenvalue weighted by molar-refractivity contribution is -0.0604. The molecule has 0 radical (unpaired) electrons. The Balaban J connectivity index is 1.60. The van der Waals surface area contributed by atoms with E-state index in [2.05, 4.69) is 25.6 Å². The van der Waals surface area contributed by atoms with Gasteiger partial charge in [-0.25, -0.2) is 9.37 Å². The molecule has 0 spiro atoms. The van der Waals surface area contributed by atoms with Gasteiger partial charge in [-0.3, -0.25) is 4.99 Å². The molecule has 7 heteroatoms. The number of aliphatic imine (C=N–C) groups is 1. The molecule has 1 fully saturated rings. The van der Waals surface area contributed by atoms with Crippen LogP contribution in [0.5, 0.6) is 0 Å². The highest BCUT2D eigenvalue weighted by molar-refractivity contribution is 7.09. The topological polar surface area (TPSA) is 49.8 Å². The maximum Gasteiger partial charge on any atom is 0.193 e. The number of hydrogen-bond donors (Lipinski definition) is 1. The van der Waals surface area contributed by atoms with Gasteiger partial charge in [0.2, 0.25) is 0 Å². The van der Waals surface area contributed by atoms with E-state index in [1.807, 2.05) is 13.8 Å². The van der Waals surface area contributed by atoms with Crippen LogP contribution in [0.3, 0.4) is 0 Å². The van der Waals surface area contributed by atoms with E-state index in [-0.39, 0.29) is 18.0 Å². The second kappa shape index (κ2) is 8.60. The number of nitrogens with zero attached hydrogens (tertiary/aromatic N) is 3. The number of guanidine groups is 1. The number of thiazole rings is 1. The first-order valence-corrected chi connectivity index (χ1v) is 9.70. The highest BCUT2D eigenvalue weighted by Crippen LogP contribution is 2.25. The Morgan fingerprint density at radius 3 is 2.81 bits per heavy atom. The summed E-state index contributed by atoms with van der Waals surface area (Å²) in [6.45, 7) is 6.31. The first-order valence-electron chi connectivity index (χ1n) is 8.82. The minimum Gasteiger partial charge on any atom is -0.367 e. The Bertz CT molecular complexity index is 746. The molecule has 26 heavy (non-hydrogen) atoms. The predicted molar refractivity (Wildman–Crippen MR) is 103 cm³/mol. The molecule has 1 N–H and O–H groups in total. The van der Waals surface area contributed by atoms with Gasteiger partial charge in [-0.05, 0) is 31.5 Å². The maximum absolute atomic E-state index is 13.2. The standard InChI is InChI=1S/C19H25FN4OS/c1-13-10-24(11-18(25-13)15-4-6-16(20)7-5-15)19(21-3)22-9-8-17-12-26-14(2)23-17/h4-7,12-13,18H,8-11H2,1-3H3,(H,21,22). The summed E-state index contributed by atoms with van der Waals surface area (Å²) in [6.07, 6.45) is 0.836. The number of aryl methyl sites for hydroxylation is 1. The van der Waals surface area contributed by atoms with E-state index >= 15 is 0 Å². The zero-order chi connectivity index (χ0) is 18.5. The van der Waals surface area contributed by atoms with Gasteiger partial charge in [0, 0.05) is 31.9 Å². The minimum absolute atomic E-state index is 0.0681. The first-order chi connectivity index (χ1) is 12.5. The number of ether oxygens (including phenoxy) is 1. The molecule has 1 aromatic carbocycles. The molecular weight excluding hydrogens is 351 g/mol. The van der Waals surface area contributed by atoms with Crippen LogP contribution >= 0.6 is 11.3 Å². The Hall–Kier alpha value is -1.99. The smallest absolute Gasteiger partial charge is 0.193 e. The van der Waals surface area contributed by atoms with Gasteiger partial charge in [0.05, 0.1) is 23.4 Å². The van der Waals surface area contributed by atoms with Crippen molar-refractivity contribution >= 4 is 17.3 Å². The Morgan fingerprint density at radius 1 is 1.38 bits per heavy atom. The van der Waals surface area contributed by atoms with Gasteiger partial charge in [0.1, 0.15) is 11.9 Å². The van der Waals surface area contributed by atoms with Crippen LogP contribution in [0.25, 0.3) is 0 Å². The lowest BCUT2D eigenvalue weighted by Gasteiger charge is -2.38. The molecule has 2 unspecified atom stereocenters. The average molecular weight is 377 g/mol. The molecule has 2 atom stereocenters. The number of aromatic nitrogens is 1. The molecule has 140 valence electrons. The van der Waals surface area contributed by atoms with Crippen molar-refractivity contribution in [2.75, 3.05) is 26.7 Å². The van der Waals surface area contributed by atoms with Gasteiger partial charge in [0.25, 0.3) is 0 Å². The number of hydrogen-bond acceptors (Lipinski definition) is 4. The molecule has 5 nitrogen and oxygen atoms in total. The van der Waals surface area contributed by atoms with Gasteiger partial charge in [-0.1, -0.05) is 12.1 Å². The van der Waals surface area contributed by atoms with Gasteiger partial charge in [-0.2, -0.15) is 0 Å². The third-order valence-corrected chi connectivity index (χ3v) is 5.17. The second-order valence-corrected chi connectivity index (χ2v) is 7.54. The van der Waals surface area contributed by atoms with Crippen LogP contribution < -0.4 is 5.32 Å². The normalized spacial score (nSPS) is 21.1. The molecule has 1 saturated heterocycles. The van der Waals surface area contributed by atoms with Crippen molar-refractivity contribution in [3.8, 4) is 0 Å². The van der Waals surface area contributed by atoms with Crippen molar-refractivity contribution < 1.29 is 9.13 Å². The van der Waals surface area contributed by atoms with Gasteiger partial charge in [-0.15, -0.1) is 11.3 Å². The Labute approximate surface area is 157 Å². The maximum atomic E-state index is 13.2. The van der Waals surface area contributed by atoms with E-state index in [0.29, 0.717) is 6.54 Å². The van der Waals surface area contributed by atoms with E-state index in [1.54, 1.807) is 30.5 Å². The monoisotopic (exact) mass is 376 g/mol. The van der Waals surface area contributed by atoms with Crippen LogP contribution in [0.4, 0.5) is 4.39 Å². The number of morpholine rings is 1. The summed E-state index contributed by atoms with van der Waals surface area (Å²) in [4.78, 5) is 11.1. The molecule has 0 aliphatic carbocycles. The summed E-state index contributed by atoms with van der Waals surface area (Å²) in [6, 6.07) is 6.53. The van der Waals surface area contributed by atoms with E-state index in [9.17, 15) is 4.39 Å². The third-order valence-electron chi connectivity index (χ3n) is 4.34. The summed E-state index contributed by atoms with van der Waals surface area (Å²) in [5, 5.41) is 6.61. The third kappa shape index (κ3) is 4.80. The summed E-state index contributed by atoms with van der Waals surface area (Å²) >= 11 is 1.67. The molecule has 0 bridgehead atoms. The fourth-order valence-corrected chi connectivity index (χ4v) is 3.79. The SMILES string of the molecule is CN=C(NCCc1csc(C)n1)N1CC(C)OC(c2ccc(F)cc2)C1. The Kier molecular flexibility index (Phi) is 6.21. The highest BCUT2D eigenvalue weighted by Gasteiger charge is 2.28. The summed E-state index contributed by atoms with van der Waals surface area (Å²) < 4.78 is 19.2. The highest BCUT2D eigenvalue weighted by atomic mass is 32.1. The van der Waals surface area contributed by atoms with Crippen LogP contribution in [0, 0.1) is 12.7 Å². The van der Waals surface area contributed by atoms with E-state index < -0.39 is 0 Å². The molecule has 3 rings (SSSR count). The van der Waals surface area contributed by atoms with E-state index in [4.69, 9.17) is 4.74 Å². The molecule has 1 aromatic heterocycles. The van der Waals surface area contributed by atoms with Crippen molar-refractivity contribution in [1.82, 2.24) is 15.2 Å².